The Morgan fingerprint density at radius 2 is 1.77 bits per heavy atom. The highest BCUT2D eigenvalue weighted by Crippen LogP contribution is 2.29. The lowest BCUT2D eigenvalue weighted by Gasteiger charge is -2.30. The summed E-state index contributed by atoms with van der Waals surface area (Å²) >= 11 is 0. The van der Waals surface area contributed by atoms with Crippen molar-refractivity contribution in [3.63, 3.8) is 0 Å². The van der Waals surface area contributed by atoms with E-state index in [9.17, 15) is 21.6 Å². The molecule has 1 aromatic heterocycles. The molecule has 3 rings (SSSR count). The molecule has 0 atom stereocenters. The molecule has 0 amide bonds. The summed E-state index contributed by atoms with van der Waals surface area (Å²) in [6.45, 7) is 1.58. The second kappa shape index (κ2) is 6.95. The van der Waals surface area contributed by atoms with E-state index in [-0.39, 0.29) is 5.25 Å². The lowest BCUT2D eigenvalue weighted by molar-refractivity contribution is -0.137. The van der Waals surface area contributed by atoms with Crippen LogP contribution in [-0.2, 0) is 22.6 Å². The summed E-state index contributed by atoms with van der Waals surface area (Å²) in [5, 5.41) is 11.1. The number of halogens is 3. The van der Waals surface area contributed by atoms with Crippen LogP contribution >= 0.6 is 0 Å². The van der Waals surface area contributed by atoms with E-state index >= 15 is 0 Å². The smallest absolute Gasteiger partial charge is 0.296 e. The molecule has 142 valence electrons. The number of tetrazole rings is 1. The van der Waals surface area contributed by atoms with Gasteiger partial charge >= 0.3 is 6.18 Å². The Kier molecular flexibility index (Phi) is 5.02. The third-order valence-electron chi connectivity index (χ3n) is 4.48. The van der Waals surface area contributed by atoms with E-state index in [0.717, 1.165) is 12.1 Å². The lowest BCUT2D eigenvalue weighted by Crippen LogP contribution is -2.39. The molecule has 7 nitrogen and oxygen atoms in total. The van der Waals surface area contributed by atoms with Gasteiger partial charge in [0.15, 0.2) is 5.82 Å². The molecule has 1 saturated heterocycles. The molecule has 1 fully saturated rings. The Morgan fingerprint density at radius 3 is 2.31 bits per heavy atom. The molecular formula is C15H18F3N5O2S. The summed E-state index contributed by atoms with van der Waals surface area (Å²) in [7, 11) is -3.04. The summed E-state index contributed by atoms with van der Waals surface area (Å²) in [5.41, 5.74) is -0.303. The van der Waals surface area contributed by atoms with Crippen LogP contribution in [-0.4, -0.2) is 58.1 Å². The largest absolute Gasteiger partial charge is 0.416 e. The predicted molar refractivity (Wildman–Crippen MR) is 87.3 cm³/mol. The van der Waals surface area contributed by atoms with Crippen LogP contribution in [0.4, 0.5) is 13.2 Å². The van der Waals surface area contributed by atoms with Gasteiger partial charge in [0.25, 0.3) is 0 Å². The topological polar surface area (TPSA) is 81.0 Å². The number of hydrogen-bond acceptors (Lipinski definition) is 6. The maximum Gasteiger partial charge on any atom is 0.416 e. The van der Waals surface area contributed by atoms with Gasteiger partial charge in [0.2, 0.25) is 0 Å². The Balaban J connectivity index is 1.70. The van der Waals surface area contributed by atoms with Crippen LogP contribution in [0.5, 0.6) is 0 Å². The van der Waals surface area contributed by atoms with Gasteiger partial charge < -0.3 is 0 Å². The predicted octanol–water partition coefficient (Wildman–Crippen LogP) is 1.69. The first-order valence-corrected chi connectivity index (χ1v) is 9.96. The maximum atomic E-state index is 12.7. The van der Waals surface area contributed by atoms with E-state index in [1.165, 1.54) is 23.1 Å². The van der Waals surface area contributed by atoms with Gasteiger partial charge in [0.1, 0.15) is 9.84 Å². The van der Waals surface area contributed by atoms with E-state index in [1.54, 1.807) is 0 Å². The molecule has 2 heterocycles. The molecule has 0 aliphatic carbocycles. The number of likely N-dealkylation sites (tertiary alicyclic amines) is 1. The molecule has 0 unspecified atom stereocenters. The van der Waals surface area contributed by atoms with E-state index in [0.29, 0.717) is 44.0 Å². The van der Waals surface area contributed by atoms with Crippen molar-refractivity contribution in [2.75, 3.05) is 19.3 Å². The molecule has 0 radical (unpaired) electrons. The first kappa shape index (κ1) is 18.8. The van der Waals surface area contributed by atoms with Crippen LogP contribution in [0.25, 0.3) is 5.69 Å². The number of alkyl halides is 3. The van der Waals surface area contributed by atoms with Crippen molar-refractivity contribution in [2.24, 2.45) is 0 Å². The minimum Gasteiger partial charge on any atom is -0.296 e. The Hall–Kier alpha value is -2.01. The molecule has 0 bridgehead atoms. The lowest BCUT2D eigenvalue weighted by atomic mass is 10.1. The monoisotopic (exact) mass is 389 g/mol. The van der Waals surface area contributed by atoms with Crippen molar-refractivity contribution < 1.29 is 21.6 Å². The molecule has 0 N–H and O–H groups in total. The van der Waals surface area contributed by atoms with Crippen molar-refractivity contribution in [1.82, 2.24) is 25.1 Å². The zero-order valence-corrected chi connectivity index (χ0v) is 14.8. The SMILES string of the molecule is CS(=O)(=O)C1CCN(Cc2nnnn2-c2ccc(C(F)(F)F)cc2)CC1. The summed E-state index contributed by atoms with van der Waals surface area (Å²) in [6, 6.07) is 4.61. The fourth-order valence-corrected chi connectivity index (χ4v) is 4.06. The first-order valence-electron chi connectivity index (χ1n) is 8.01. The van der Waals surface area contributed by atoms with Gasteiger partial charge in [-0.05, 0) is 60.6 Å². The maximum absolute atomic E-state index is 12.7. The van der Waals surface area contributed by atoms with E-state index in [2.05, 4.69) is 15.5 Å². The van der Waals surface area contributed by atoms with E-state index < -0.39 is 21.6 Å². The Labute approximate surface area is 148 Å². The quantitative estimate of drug-likeness (QED) is 0.792. The van der Waals surface area contributed by atoms with Crippen molar-refractivity contribution in [2.45, 2.75) is 30.8 Å². The second-order valence-electron chi connectivity index (χ2n) is 6.36. The van der Waals surface area contributed by atoms with Gasteiger partial charge in [-0.3, -0.25) is 4.90 Å². The third kappa shape index (κ3) is 4.21. The third-order valence-corrected chi connectivity index (χ3v) is 6.16. The van der Waals surface area contributed by atoms with Gasteiger partial charge in [-0.25, -0.2) is 8.42 Å². The summed E-state index contributed by atoms with van der Waals surface area (Å²) in [6.07, 6.45) is -2.06. The fraction of sp³-hybridized carbons (Fsp3) is 0.533. The van der Waals surface area contributed by atoms with Crippen LogP contribution in [0.15, 0.2) is 24.3 Å². The number of nitrogens with zero attached hydrogens (tertiary/aromatic N) is 5. The molecular weight excluding hydrogens is 371 g/mol. The Bertz CT molecular complexity index is 856. The molecule has 26 heavy (non-hydrogen) atoms. The van der Waals surface area contributed by atoms with Gasteiger partial charge in [0, 0.05) is 6.26 Å². The summed E-state index contributed by atoms with van der Waals surface area (Å²) in [4.78, 5) is 2.04. The molecule has 1 aliphatic heterocycles. The molecule has 0 spiro atoms. The highest BCUT2D eigenvalue weighted by molar-refractivity contribution is 7.91. The van der Waals surface area contributed by atoms with Crippen LogP contribution in [0, 0.1) is 0 Å². The average molecular weight is 389 g/mol. The van der Waals surface area contributed by atoms with Crippen LogP contribution in [0.1, 0.15) is 24.2 Å². The van der Waals surface area contributed by atoms with Gasteiger partial charge in [0.05, 0.1) is 23.0 Å². The summed E-state index contributed by atoms with van der Waals surface area (Å²) < 4.78 is 62.6. The van der Waals surface area contributed by atoms with Crippen LogP contribution in [0.3, 0.4) is 0 Å². The van der Waals surface area contributed by atoms with Gasteiger partial charge in [-0.2, -0.15) is 17.9 Å². The normalized spacial score (nSPS) is 17.5. The standard InChI is InChI=1S/C15H18F3N5O2S/c1-26(24,25)13-6-8-22(9-7-13)10-14-19-20-21-23(14)12-4-2-11(3-5-12)15(16,17)18/h2-5,13H,6-10H2,1H3. The number of aromatic nitrogens is 4. The van der Waals surface area contributed by atoms with Crippen molar-refractivity contribution in [3.05, 3.63) is 35.7 Å². The number of hydrogen-bond donors (Lipinski definition) is 0. The first-order chi connectivity index (χ1) is 12.1. The molecule has 0 saturated carbocycles. The number of piperidine rings is 1. The molecule has 1 aromatic carbocycles. The minimum atomic E-state index is -4.40. The zero-order chi connectivity index (χ0) is 18.9. The van der Waals surface area contributed by atoms with Crippen molar-refractivity contribution >= 4 is 9.84 Å². The van der Waals surface area contributed by atoms with Gasteiger partial charge in [-0.15, -0.1) is 5.10 Å². The van der Waals surface area contributed by atoms with Gasteiger partial charge in [-0.1, -0.05) is 0 Å². The number of benzene rings is 1. The minimum absolute atomic E-state index is 0.329. The van der Waals surface area contributed by atoms with Crippen molar-refractivity contribution in [1.29, 1.82) is 0 Å². The number of sulfone groups is 1. The van der Waals surface area contributed by atoms with Crippen LogP contribution in [0.2, 0.25) is 0 Å². The summed E-state index contributed by atoms with van der Waals surface area (Å²) in [5.74, 6) is 0.488. The fourth-order valence-electron chi connectivity index (χ4n) is 2.99. The van der Waals surface area contributed by atoms with Crippen molar-refractivity contribution in [3.8, 4) is 5.69 Å². The van der Waals surface area contributed by atoms with E-state index in [1.807, 2.05) is 4.90 Å². The Morgan fingerprint density at radius 1 is 1.15 bits per heavy atom. The zero-order valence-electron chi connectivity index (χ0n) is 14.0. The highest BCUT2D eigenvalue weighted by atomic mass is 32.2. The average Bonchev–Trinajstić information content (AvgIpc) is 3.02. The molecule has 11 heteroatoms. The molecule has 1 aliphatic rings. The molecule has 2 aromatic rings. The number of rotatable bonds is 4. The van der Waals surface area contributed by atoms with Crippen LogP contribution < -0.4 is 0 Å². The highest BCUT2D eigenvalue weighted by Gasteiger charge is 2.30. The van der Waals surface area contributed by atoms with E-state index in [4.69, 9.17) is 0 Å². The second-order valence-corrected chi connectivity index (χ2v) is 8.68.